The van der Waals surface area contributed by atoms with E-state index in [0.29, 0.717) is 5.11 Å². The fourth-order valence-corrected chi connectivity index (χ4v) is 1.65. The molecular weight excluding hydrogens is 246 g/mol. The van der Waals surface area contributed by atoms with E-state index in [9.17, 15) is 4.79 Å². The van der Waals surface area contributed by atoms with Gasteiger partial charge in [-0.05, 0) is 36.8 Å². The molecule has 0 fully saturated rings. The van der Waals surface area contributed by atoms with Gasteiger partial charge >= 0.3 is 0 Å². The zero-order valence-electron chi connectivity index (χ0n) is 10.7. The fourth-order valence-electron chi connectivity index (χ4n) is 1.43. The third kappa shape index (κ3) is 5.63. The van der Waals surface area contributed by atoms with Gasteiger partial charge in [-0.15, -0.1) is 0 Å². The second-order valence-electron chi connectivity index (χ2n) is 4.00. The largest absolute Gasteiger partial charge is 0.362 e. The molecule has 0 aromatic heterocycles. The van der Waals surface area contributed by atoms with Crippen molar-refractivity contribution in [2.24, 2.45) is 0 Å². The van der Waals surface area contributed by atoms with Gasteiger partial charge in [-0.25, -0.2) is 0 Å². The molecule has 0 aliphatic heterocycles. The molecule has 1 aromatic rings. The van der Waals surface area contributed by atoms with Gasteiger partial charge in [0.1, 0.15) is 0 Å². The van der Waals surface area contributed by atoms with E-state index in [0.717, 1.165) is 30.8 Å². The summed E-state index contributed by atoms with van der Waals surface area (Å²) in [5.41, 5.74) is 1.61. The number of nitrogens with one attached hydrogen (secondary N) is 3. The molecule has 0 bridgehead atoms. The van der Waals surface area contributed by atoms with E-state index in [1.54, 1.807) is 0 Å². The average Bonchev–Trinajstić information content (AvgIpc) is 2.28. The van der Waals surface area contributed by atoms with Crippen LogP contribution in [0, 0.1) is 0 Å². The van der Waals surface area contributed by atoms with E-state index in [4.69, 9.17) is 12.2 Å². The molecule has 4 nitrogen and oxygen atoms in total. The van der Waals surface area contributed by atoms with Crippen molar-refractivity contribution in [3.05, 3.63) is 24.3 Å². The fraction of sp³-hybridized carbons (Fsp3) is 0.385. The summed E-state index contributed by atoms with van der Waals surface area (Å²) in [6, 6.07) is 7.44. The highest BCUT2D eigenvalue weighted by molar-refractivity contribution is 7.80. The number of hydrogen-bond donors (Lipinski definition) is 3. The molecule has 5 heteroatoms. The summed E-state index contributed by atoms with van der Waals surface area (Å²) in [7, 11) is 0. The lowest BCUT2D eigenvalue weighted by atomic mass is 10.3. The van der Waals surface area contributed by atoms with E-state index in [1.807, 2.05) is 24.3 Å². The monoisotopic (exact) mass is 265 g/mol. The molecule has 1 rings (SSSR count). The van der Waals surface area contributed by atoms with Crippen molar-refractivity contribution >= 4 is 34.6 Å². The molecule has 0 radical (unpaired) electrons. The first-order valence-electron chi connectivity index (χ1n) is 6.04. The minimum absolute atomic E-state index is 0.0872. The summed E-state index contributed by atoms with van der Waals surface area (Å²) in [6.07, 6.45) is 2.22. The summed E-state index contributed by atoms with van der Waals surface area (Å²) in [6.45, 7) is 4.49. The second kappa shape index (κ2) is 7.66. The number of thiocarbonyl (C=S) groups is 1. The standard InChI is InChI=1S/C13H19N3OS/c1-3-4-8-14-13(18)16-12-7-5-6-11(9-12)15-10(2)17/h5-7,9H,3-4,8H2,1-2H3,(H,15,17)(H2,14,16,18). The zero-order valence-corrected chi connectivity index (χ0v) is 11.6. The number of carbonyl (C=O) groups is 1. The van der Waals surface area contributed by atoms with E-state index in [-0.39, 0.29) is 5.91 Å². The molecule has 0 spiro atoms. The Bertz CT molecular complexity index is 420. The molecule has 0 saturated heterocycles. The van der Waals surface area contributed by atoms with Crippen LogP contribution < -0.4 is 16.0 Å². The molecule has 3 N–H and O–H groups in total. The van der Waals surface area contributed by atoms with E-state index < -0.39 is 0 Å². The molecule has 0 atom stereocenters. The summed E-state index contributed by atoms with van der Waals surface area (Å²) in [5.74, 6) is -0.0872. The molecule has 0 unspecified atom stereocenters. The molecule has 0 heterocycles. The van der Waals surface area contributed by atoms with Crippen molar-refractivity contribution in [2.75, 3.05) is 17.2 Å². The minimum atomic E-state index is -0.0872. The van der Waals surface area contributed by atoms with Gasteiger partial charge in [-0.3, -0.25) is 4.79 Å². The summed E-state index contributed by atoms with van der Waals surface area (Å²) < 4.78 is 0. The van der Waals surface area contributed by atoms with E-state index >= 15 is 0 Å². The van der Waals surface area contributed by atoms with Crippen molar-refractivity contribution in [3.8, 4) is 0 Å². The van der Waals surface area contributed by atoms with Gasteiger partial charge in [0, 0.05) is 24.8 Å². The van der Waals surface area contributed by atoms with Crippen molar-refractivity contribution in [1.29, 1.82) is 0 Å². The van der Waals surface area contributed by atoms with Crippen LogP contribution in [0.25, 0.3) is 0 Å². The highest BCUT2D eigenvalue weighted by atomic mass is 32.1. The van der Waals surface area contributed by atoms with Crippen LogP contribution in [-0.2, 0) is 4.79 Å². The summed E-state index contributed by atoms with van der Waals surface area (Å²) >= 11 is 5.17. The molecule has 0 aliphatic carbocycles. The van der Waals surface area contributed by atoms with Crippen LogP contribution in [0.5, 0.6) is 0 Å². The summed E-state index contributed by atoms with van der Waals surface area (Å²) in [4.78, 5) is 11.0. The Hall–Kier alpha value is -1.62. The molecule has 0 saturated carbocycles. The quantitative estimate of drug-likeness (QED) is 0.566. The Morgan fingerprint density at radius 2 is 1.94 bits per heavy atom. The molecule has 1 aromatic carbocycles. The topological polar surface area (TPSA) is 53.2 Å². The molecular formula is C13H19N3OS. The first kappa shape index (κ1) is 14.4. The first-order chi connectivity index (χ1) is 8.61. The number of carbonyl (C=O) groups excluding carboxylic acids is 1. The van der Waals surface area contributed by atoms with Crippen LogP contribution in [0.1, 0.15) is 26.7 Å². The maximum atomic E-state index is 11.0. The molecule has 98 valence electrons. The normalized spacial score (nSPS) is 9.67. The Kier molecular flexibility index (Phi) is 6.14. The Morgan fingerprint density at radius 3 is 2.56 bits per heavy atom. The lowest BCUT2D eigenvalue weighted by Crippen LogP contribution is -2.29. The minimum Gasteiger partial charge on any atom is -0.362 e. The van der Waals surface area contributed by atoms with Crippen LogP contribution >= 0.6 is 12.2 Å². The maximum absolute atomic E-state index is 11.0. The first-order valence-corrected chi connectivity index (χ1v) is 6.45. The number of hydrogen-bond acceptors (Lipinski definition) is 2. The number of amides is 1. The van der Waals surface area contributed by atoms with Gasteiger partial charge in [0.15, 0.2) is 5.11 Å². The third-order valence-corrected chi connectivity index (χ3v) is 2.50. The zero-order chi connectivity index (χ0) is 13.4. The number of benzene rings is 1. The van der Waals surface area contributed by atoms with Crippen molar-refractivity contribution in [1.82, 2.24) is 5.32 Å². The van der Waals surface area contributed by atoms with Crippen LogP contribution in [-0.4, -0.2) is 17.6 Å². The van der Waals surface area contributed by atoms with Gasteiger partial charge in [0.2, 0.25) is 5.91 Å². The highest BCUT2D eigenvalue weighted by Crippen LogP contribution is 2.14. The van der Waals surface area contributed by atoms with Gasteiger partial charge in [-0.2, -0.15) is 0 Å². The Morgan fingerprint density at radius 1 is 1.28 bits per heavy atom. The van der Waals surface area contributed by atoms with Gasteiger partial charge in [0.05, 0.1) is 0 Å². The molecule has 1 amide bonds. The molecule has 0 aliphatic rings. The van der Waals surface area contributed by atoms with Crippen molar-refractivity contribution < 1.29 is 4.79 Å². The van der Waals surface area contributed by atoms with Crippen LogP contribution in [0.15, 0.2) is 24.3 Å². The predicted octanol–water partition coefficient (Wildman–Crippen LogP) is 2.73. The number of rotatable bonds is 5. The van der Waals surface area contributed by atoms with Crippen LogP contribution in [0.3, 0.4) is 0 Å². The lowest BCUT2D eigenvalue weighted by Gasteiger charge is -2.11. The highest BCUT2D eigenvalue weighted by Gasteiger charge is 1.99. The average molecular weight is 265 g/mol. The number of anilines is 2. The van der Waals surface area contributed by atoms with Crippen molar-refractivity contribution in [3.63, 3.8) is 0 Å². The second-order valence-corrected chi connectivity index (χ2v) is 4.40. The Balaban J connectivity index is 2.51. The SMILES string of the molecule is CCCCNC(=S)Nc1cccc(NC(C)=O)c1. The van der Waals surface area contributed by atoms with Crippen molar-refractivity contribution in [2.45, 2.75) is 26.7 Å². The molecule has 18 heavy (non-hydrogen) atoms. The van der Waals surface area contributed by atoms with Crippen LogP contribution in [0.4, 0.5) is 11.4 Å². The van der Waals surface area contributed by atoms with Gasteiger partial charge < -0.3 is 16.0 Å². The Labute approximate surface area is 113 Å². The third-order valence-electron chi connectivity index (χ3n) is 2.26. The van der Waals surface area contributed by atoms with Crippen LogP contribution in [0.2, 0.25) is 0 Å². The van der Waals surface area contributed by atoms with Gasteiger partial charge in [-0.1, -0.05) is 19.4 Å². The summed E-state index contributed by atoms with van der Waals surface area (Å²) in [5, 5.41) is 9.54. The number of unbranched alkanes of at least 4 members (excludes halogenated alkanes) is 1. The maximum Gasteiger partial charge on any atom is 0.221 e. The lowest BCUT2D eigenvalue weighted by molar-refractivity contribution is -0.114. The van der Waals surface area contributed by atoms with E-state index in [1.165, 1.54) is 6.92 Å². The smallest absolute Gasteiger partial charge is 0.221 e. The van der Waals surface area contributed by atoms with Gasteiger partial charge in [0.25, 0.3) is 0 Å². The van der Waals surface area contributed by atoms with E-state index in [2.05, 4.69) is 22.9 Å². The predicted molar refractivity (Wildman–Crippen MR) is 79.9 cm³/mol.